The predicted octanol–water partition coefficient (Wildman–Crippen LogP) is 2.90. The zero-order valence-corrected chi connectivity index (χ0v) is 18.9. The SMILES string of the molecule is C=Cc1cc(-c2cc(N)c(N3CCN(C(=O)CCOC)[C@H](C)C3)nc2C2CC2)cc(N)n1. The van der Waals surface area contributed by atoms with E-state index < -0.39 is 0 Å². The molecule has 0 radical (unpaired) electrons. The summed E-state index contributed by atoms with van der Waals surface area (Å²) in [6, 6.07) is 5.92. The number of rotatable bonds is 7. The van der Waals surface area contributed by atoms with Gasteiger partial charge in [0.05, 0.1) is 30.1 Å². The third kappa shape index (κ3) is 4.55. The second-order valence-corrected chi connectivity index (χ2v) is 8.64. The van der Waals surface area contributed by atoms with E-state index in [1.807, 2.05) is 23.1 Å². The maximum atomic E-state index is 12.5. The highest BCUT2D eigenvalue weighted by molar-refractivity contribution is 5.79. The summed E-state index contributed by atoms with van der Waals surface area (Å²) in [5.41, 5.74) is 16.9. The molecule has 2 aromatic heterocycles. The van der Waals surface area contributed by atoms with Gasteiger partial charge in [-0.15, -0.1) is 0 Å². The van der Waals surface area contributed by atoms with Crippen LogP contribution in [-0.2, 0) is 9.53 Å². The molecule has 0 aromatic carbocycles. The van der Waals surface area contributed by atoms with Crippen molar-refractivity contribution in [3.63, 3.8) is 0 Å². The molecule has 1 aliphatic carbocycles. The van der Waals surface area contributed by atoms with Crippen LogP contribution in [0.3, 0.4) is 0 Å². The molecule has 1 saturated carbocycles. The fourth-order valence-corrected chi connectivity index (χ4v) is 4.37. The van der Waals surface area contributed by atoms with Crippen molar-refractivity contribution >= 4 is 29.3 Å². The molecule has 2 aromatic rings. The first kappa shape index (κ1) is 22.1. The Balaban J connectivity index is 1.62. The zero-order valence-electron chi connectivity index (χ0n) is 18.9. The van der Waals surface area contributed by atoms with Crippen LogP contribution in [0.25, 0.3) is 17.2 Å². The number of pyridine rings is 2. The van der Waals surface area contributed by atoms with Gasteiger partial charge in [-0.3, -0.25) is 4.79 Å². The van der Waals surface area contributed by atoms with Gasteiger partial charge < -0.3 is 26.0 Å². The molecule has 1 atom stereocenters. The molecule has 4 rings (SSSR count). The molecule has 170 valence electrons. The maximum Gasteiger partial charge on any atom is 0.225 e. The van der Waals surface area contributed by atoms with E-state index in [0.717, 1.165) is 41.2 Å². The number of carbonyl (C=O) groups is 1. The van der Waals surface area contributed by atoms with Crippen molar-refractivity contribution in [1.29, 1.82) is 0 Å². The van der Waals surface area contributed by atoms with Crippen molar-refractivity contribution in [3.05, 3.63) is 36.2 Å². The van der Waals surface area contributed by atoms with Gasteiger partial charge in [0.1, 0.15) is 5.82 Å². The van der Waals surface area contributed by atoms with E-state index >= 15 is 0 Å². The Morgan fingerprint density at radius 1 is 1.25 bits per heavy atom. The molecule has 1 amide bonds. The van der Waals surface area contributed by atoms with E-state index in [0.29, 0.717) is 50.1 Å². The van der Waals surface area contributed by atoms with Crippen molar-refractivity contribution in [2.45, 2.75) is 38.1 Å². The zero-order chi connectivity index (χ0) is 22.8. The fourth-order valence-electron chi connectivity index (χ4n) is 4.37. The number of piperazine rings is 1. The molecule has 2 aliphatic rings. The number of anilines is 3. The van der Waals surface area contributed by atoms with E-state index in [4.69, 9.17) is 21.2 Å². The summed E-state index contributed by atoms with van der Waals surface area (Å²) in [6.07, 6.45) is 4.34. The normalized spacial score (nSPS) is 18.6. The molecule has 32 heavy (non-hydrogen) atoms. The minimum atomic E-state index is 0.0773. The highest BCUT2D eigenvalue weighted by Gasteiger charge is 2.32. The number of ether oxygens (including phenoxy) is 1. The molecule has 8 heteroatoms. The molecular weight excluding hydrogens is 404 g/mol. The van der Waals surface area contributed by atoms with Gasteiger partial charge in [0.2, 0.25) is 5.91 Å². The van der Waals surface area contributed by atoms with Gasteiger partial charge in [-0.2, -0.15) is 0 Å². The van der Waals surface area contributed by atoms with Crippen LogP contribution >= 0.6 is 0 Å². The van der Waals surface area contributed by atoms with Crippen molar-refractivity contribution in [3.8, 4) is 11.1 Å². The Morgan fingerprint density at radius 3 is 2.69 bits per heavy atom. The van der Waals surface area contributed by atoms with Gasteiger partial charge in [-0.25, -0.2) is 9.97 Å². The third-order valence-corrected chi connectivity index (χ3v) is 6.18. The number of amides is 1. The average Bonchev–Trinajstić information content (AvgIpc) is 3.62. The number of hydrogen-bond donors (Lipinski definition) is 2. The first-order valence-corrected chi connectivity index (χ1v) is 11.2. The lowest BCUT2D eigenvalue weighted by atomic mass is 10.00. The maximum absolute atomic E-state index is 12.5. The molecule has 1 aliphatic heterocycles. The van der Waals surface area contributed by atoms with Crippen LogP contribution in [0.4, 0.5) is 17.3 Å². The molecule has 2 fully saturated rings. The number of methoxy groups -OCH3 is 1. The Morgan fingerprint density at radius 2 is 2.03 bits per heavy atom. The van der Waals surface area contributed by atoms with E-state index in [1.54, 1.807) is 13.2 Å². The molecule has 1 saturated heterocycles. The summed E-state index contributed by atoms with van der Waals surface area (Å²) in [5.74, 6) is 1.81. The Hall–Kier alpha value is -3.13. The predicted molar refractivity (Wildman–Crippen MR) is 128 cm³/mol. The number of carbonyl (C=O) groups excluding carboxylic acids is 1. The van der Waals surface area contributed by atoms with Gasteiger partial charge in [-0.1, -0.05) is 6.58 Å². The molecule has 3 heterocycles. The minimum absolute atomic E-state index is 0.0773. The van der Waals surface area contributed by atoms with Crippen LogP contribution < -0.4 is 16.4 Å². The highest BCUT2D eigenvalue weighted by Crippen LogP contribution is 2.45. The molecule has 8 nitrogen and oxygen atoms in total. The van der Waals surface area contributed by atoms with Crippen molar-refractivity contribution < 1.29 is 9.53 Å². The van der Waals surface area contributed by atoms with Gasteiger partial charge in [0.15, 0.2) is 5.82 Å². The monoisotopic (exact) mass is 436 g/mol. The molecule has 4 N–H and O–H groups in total. The molecule has 0 unspecified atom stereocenters. The van der Waals surface area contributed by atoms with E-state index in [1.165, 1.54) is 0 Å². The number of hydrogen-bond acceptors (Lipinski definition) is 7. The third-order valence-electron chi connectivity index (χ3n) is 6.18. The first-order chi connectivity index (χ1) is 15.4. The van der Waals surface area contributed by atoms with Crippen molar-refractivity contribution in [2.75, 3.05) is 49.7 Å². The topological polar surface area (TPSA) is 111 Å². The van der Waals surface area contributed by atoms with Crippen LogP contribution in [0.15, 0.2) is 24.8 Å². The lowest BCUT2D eigenvalue weighted by Crippen LogP contribution is -2.54. The average molecular weight is 437 g/mol. The van der Waals surface area contributed by atoms with Crippen LogP contribution in [0.1, 0.15) is 43.5 Å². The van der Waals surface area contributed by atoms with E-state index in [9.17, 15) is 4.79 Å². The summed E-state index contributed by atoms with van der Waals surface area (Å²) in [6.45, 7) is 8.37. The van der Waals surface area contributed by atoms with Crippen molar-refractivity contribution in [1.82, 2.24) is 14.9 Å². The van der Waals surface area contributed by atoms with Gasteiger partial charge >= 0.3 is 0 Å². The Kier molecular flexibility index (Phi) is 6.32. The van der Waals surface area contributed by atoms with Crippen LogP contribution in [0, 0.1) is 0 Å². The summed E-state index contributed by atoms with van der Waals surface area (Å²) in [7, 11) is 1.61. The van der Waals surface area contributed by atoms with E-state index in [-0.39, 0.29) is 11.9 Å². The summed E-state index contributed by atoms with van der Waals surface area (Å²) in [5, 5.41) is 0. The van der Waals surface area contributed by atoms with Gasteiger partial charge in [0.25, 0.3) is 0 Å². The number of nitrogens with zero attached hydrogens (tertiary/aromatic N) is 4. The lowest BCUT2D eigenvalue weighted by molar-refractivity contribution is -0.134. The highest BCUT2D eigenvalue weighted by atomic mass is 16.5. The smallest absolute Gasteiger partial charge is 0.225 e. The molecule has 0 bridgehead atoms. The first-order valence-electron chi connectivity index (χ1n) is 11.2. The fraction of sp³-hybridized carbons (Fsp3) is 0.458. The summed E-state index contributed by atoms with van der Waals surface area (Å²) >= 11 is 0. The second-order valence-electron chi connectivity index (χ2n) is 8.64. The largest absolute Gasteiger partial charge is 0.396 e. The number of nitrogens with two attached hydrogens (primary N) is 2. The summed E-state index contributed by atoms with van der Waals surface area (Å²) < 4.78 is 5.05. The lowest BCUT2D eigenvalue weighted by Gasteiger charge is -2.41. The van der Waals surface area contributed by atoms with Crippen LogP contribution in [-0.4, -0.2) is 60.2 Å². The van der Waals surface area contributed by atoms with E-state index in [2.05, 4.69) is 23.4 Å². The Labute approximate surface area is 189 Å². The minimum Gasteiger partial charge on any atom is -0.396 e. The second kappa shape index (κ2) is 9.16. The van der Waals surface area contributed by atoms with Gasteiger partial charge in [0, 0.05) is 44.3 Å². The molecule has 0 spiro atoms. The van der Waals surface area contributed by atoms with Crippen LogP contribution in [0.2, 0.25) is 0 Å². The number of aromatic nitrogens is 2. The summed E-state index contributed by atoms with van der Waals surface area (Å²) in [4.78, 5) is 26.0. The standard InChI is InChI=1S/C24H32N6O2/c1-4-18-11-17(12-21(26)27-18)19-13-20(25)24(28-23(19)16-5-6-16)29-8-9-30(15(2)14-29)22(31)7-10-32-3/h4,11-13,15-16H,1,5-10,14,25H2,2-3H3,(H2,26,27)/t15-/m1/s1. The Bertz CT molecular complexity index is 1020. The molecular formula is C24H32N6O2. The number of nitrogen functional groups attached to an aromatic ring is 2. The van der Waals surface area contributed by atoms with Crippen molar-refractivity contribution in [2.24, 2.45) is 0 Å². The van der Waals surface area contributed by atoms with Crippen LogP contribution in [0.5, 0.6) is 0 Å². The van der Waals surface area contributed by atoms with Gasteiger partial charge in [-0.05, 0) is 49.6 Å². The quantitative estimate of drug-likeness (QED) is 0.686.